The molecule has 2 saturated heterocycles. The average Bonchev–Trinajstić information content (AvgIpc) is 3.31. The quantitative estimate of drug-likeness (QED) is 0.685. The summed E-state index contributed by atoms with van der Waals surface area (Å²) in [6.07, 6.45) is 1.48. The number of hydrogen-bond donors (Lipinski definition) is 2. The fourth-order valence-electron chi connectivity index (χ4n) is 4.50. The van der Waals surface area contributed by atoms with Gasteiger partial charge in [0.25, 0.3) is 12.4 Å². The minimum absolute atomic E-state index is 0.0476. The molecule has 3 atom stereocenters. The number of rotatable bonds is 2. The first-order valence-electron chi connectivity index (χ1n) is 10.1. The second kappa shape index (κ2) is 9.63. The van der Waals surface area contributed by atoms with Gasteiger partial charge in [0.1, 0.15) is 11.6 Å². The zero-order valence-corrected chi connectivity index (χ0v) is 17.9. The Bertz CT molecular complexity index is 985. The van der Waals surface area contributed by atoms with Gasteiger partial charge in [-0.25, -0.2) is 14.2 Å². The molecule has 2 fully saturated rings. The highest BCUT2D eigenvalue weighted by molar-refractivity contribution is 5.94. The van der Waals surface area contributed by atoms with Crippen LogP contribution >= 0.6 is 0 Å². The number of carbonyl (C=O) groups is 3. The van der Waals surface area contributed by atoms with Gasteiger partial charge in [-0.3, -0.25) is 9.59 Å². The Morgan fingerprint density at radius 3 is 2.53 bits per heavy atom. The highest BCUT2D eigenvalue weighted by Gasteiger charge is 2.50. The number of nitrogens with two attached hydrogens (primary N) is 1. The van der Waals surface area contributed by atoms with Gasteiger partial charge in [0, 0.05) is 51.8 Å². The minimum Gasteiger partial charge on any atom is -0.483 e. The first-order chi connectivity index (χ1) is 15.3. The van der Waals surface area contributed by atoms with Crippen molar-refractivity contribution in [1.29, 1.82) is 0 Å². The van der Waals surface area contributed by atoms with Crippen LogP contribution in [0.1, 0.15) is 22.0 Å². The maximum Gasteiger partial charge on any atom is 0.320 e. The van der Waals surface area contributed by atoms with Crippen LogP contribution in [0, 0.1) is 17.7 Å². The lowest BCUT2D eigenvalue weighted by molar-refractivity contribution is -0.122. The van der Waals surface area contributed by atoms with E-state index in [4.69, 9.17) is 15.6 Å². The fraction of sp³-hybridized carbons (Fsp3) is 0.364. The van der Waals surface area contributed by atoms with Crippen molar-refractivity contribution in [3.63, 3.8) is 0 Å². The number of halogens is 1. The third kappa shape index (κ3) is 4.63. The van der Waals surface area contributed by atoms with E-state index in [0.29, 0.717) is 31.0 Å². The summed E-state index contributed by atoms with van der Waals surface area (Å²) >= 11 is 0. The predicted molar refractivity (Wildman–Crippen MR) is 115 cm³/mol. The molecule has 10 heteroatoms. The summed E-state index contributed by atoms with van der Waals surface area (Å²) in [5.74, 6) is 0.116. The Kier molecular flexibility index (Phi) is 6.92. The van der Waals surface area contributed by atoms with Crippen LogP contribution in [-0.4, -0.2) is 76.9 Å². The second-order valence-corrected chi connectivity index (χ2v) is 8.04. The summed E-state index contributed by atoms with van der Waals surface area (Å²) in [4.78, 5) is 43.2. The van der Waals surface area contributed by atoms with E-state index in [1.54, 1.807) is 42.1 Å². The van der Waals surface area contributed by atoms with E-state index in [-0.39, 0.29) is 42.1 Å². The molecular formula is C22H26FN5O4. The van der Waals surface area contributed by atoms with Crippen molar-refractivity contribution >= 4 is 24.2 Å². The zero-order chi connectivity index (χ0) is 23.4. The summed E-state index contributed by atoms with van der Waals surface area (Å²) in [6, 6.07) is 9.29. The maximum atomic E-state index is 13.9. The van der Waals surface area contributed by atoms with Crippen molar-refractivity contribution in [3.05, 3.63) is 59.5 Å². The van der Waals surface area contributed by atoms with E-state index in [1.807, 2.05) is 6.07 Å². The molecule has 0 bridgehead atoms. The van der Waals surface area contributed by atoms with Gasteiger partial charge >= 0.3 is 6.03 Å². The first kappa shape index (κ1) is 23.0. The van der Waals surface area contributed by atoms with E-state index in [9.17, 15) is 14.0 Å². The van der Waals surface area contributed by atoms with E-state index in [2.05, 4.69) is 4.98 Å². The summed E-state index contributed by atoms with van der Waals surface area (Å²) in [5.41, 5.74) is 6.86. The highest BCUT2D eigenvalue weighted by atomic mass is 19.1. The molecule has 1 aromatic carbocycles. The van der Waals surface area contributed by atoms with Crippen LogP contribution in [0.15, 0.2) is 42.6 Å². The molecule has 3 N–H and O–H groups in total. The normalized spacial score (nSPS) is 21.4. The van der Waals surface area contributed by atoms with Gasteiger partial charge in [0.2, 0.25) is 0 Å². The summed E-state index contributed by atoms with van der Waals surface area (Å²) < 4.78 is 13.9. The number of nitrogen functional groups attached to an aromatic ring is 1. The second-order valence-electron chi connectivity index (χ2n) is 8.04. The summed E-state index contributed by atoms with van der Waals surface area (Å²) in [6.45, 7) is 1.34. The summed E-state index contributed by atoms with van der Waals surface area (Å²) in [5, 5.41) is 6.89. The van der Waals surface area contributed by atoms with Crippen molar-refractivity contribution in [2.45, 2.75) is 6.04 Å². The van der Waals surface area contributed by atoms with Gasteiger partial charge in [-0.05, 0) is 29.8 Å². The van der Waals surface area contributed by atoms with Crippen LogP contribution in [-0.2, 0) is 4.79 Å². The Labute approximate surface area is 185 Å². The van der Waals surface area contributed by atoms with Crippen LogP contribution < -0.4 is 5.73 Å². The third-order valence-electron chi connectivity index (χ3n) is 5.80. The molecular weight excluding hydrogens is 417 g/mol. The number of likely N-dealkylation sites (tertiary alicyclic amines) is 2. The molecule has 4 rings (SSSR count). The molecule has 0 spiro atoms. The minimum atomic E-state index is -0.331. The lowest BCUT2D eigenvalue weighted by atomic mass is 9.89. The predicted octanol–water partition coefficient (Wildman–Crippen LogP) is 1.93. The Morgan fingerprint density at radius 2 is 1.94 bits per heavy atom. The van der Waals surface area contributed by atoms with Crippen molar-refractivity contribution in [2.75, 3.05) is 39.5 Å². The average molecular weight is 443 g/mol. The fourth-order valence-corrected chi connectivity index (χ4v) is 4.50. The van der Waals surface area contributed by atoms with E-state index >= 15 is 0 Å². The molecule has 2 aliphatic rings. The molecule has 32 heavy (non-hydrogen) atoms. The number of urea groups is 1. The van der Waals surface area contributed by atoms with E-state index in [1.165, 1.54) is 23.2 Å². The number of fused-ring (bicyclic) bond motifs is 1. The van der Waals surface area contributed by atoms with Crippen LogP contribution in [0.25, 0.3) is 0 Å². The van der Waals surface area contributed by atoms with Gasteiger partial charge in [0.05, 0.1) is 11.6 Å². The molecule has 2 aromatic rings. The lowest BCUT2D eigenvalue weighted by Gasteiger charge is -2.32. The highest BCUT2D eigenvalue weighted by Crippen LogP contribution is 2.45. The van der Waals surface area contributed by atoms with Crippen molar-refractivity contribution in [2.24, 2.45) is 11.8 Å². The van der Waals surface area contributed by atoms with E-state index < -0.39 is 0 Å². The maximum absolute atomic E-state index is 13.9. The molecule has 9 nitrogen and oxygen atoms in total. The molecule has 170 valence electrons. The molecule has 1 aromatic heterocycles. The molecule has 0 radical (unpaired) electrons. The largest absolute Gasteiger partial charge is 0.483 e. The summed E-state index contributed by atoms with van der Waals surface area (Å²) in [7, 11) is 3.42. The molecule has 3 amide bonds. The van der Waals surface area contributed by atoms with Gasteiger partial charge in [-0.1, -0.05) is 12.1 Å². The molecule has 3 heterocycles. The van der Waals surface area contributed by atoms with Crippen LogP contribution in [0.5, 0.6) is 0 Å². The number of carboxylic acid groups (broad SMARTS) is 1. The molecule has 2 aliphatic heterocycles. The van der Waals surface area contributed by atoms with Gasteiger partial charge in [-0.2, -0.15) is 0 Å². The van der Waals surface area contributed by atoms with Crippen LogP contribution in [0.2, 0.25) is 0 Å². The SMILES string of the molecule is CN(C)C(=O)N1C[C@H]2CN(C(=O)c3ccc(N)nc3)C[C@H]2[C@@H]1c1cccc(F)c1.O=CO. The molecule has 0 saturated carbocycles. The van der Waals surface area contributed by atoms with Crippen LogP contribution in [0.3, 0.4) is 0 Å². The lowest BCUT2D eigenvalue weighted by Crippen LogP contribution is -2.42. The Morgan fingerprint density at radius 1 is 1.22 bits per heavy atom. The van der Waals surface area contributed by atoms with Gasteiger partial charge < -0.3 is 25.5 Å². The Hall–Kier alpha value is -3.69. The van der Waals surface area contributed by atoms with Crippen molar-refractivity contribution < 1.29 is 23.9 Å². The van der Waals surface area contributed by atoms with Gasteiger partial charge in [0.15, 0.2) is 0 Å². The zero-order valence-electron chi connectivity index (χ0n) is 17.9. The number of amides is 3. The third-order valence-corrected chi connectivity index (χ3v) is 5.80. The number of aromatic nitrogens is 1. The topological polar surface area (TPSA) is 120 Å². The van der Waals surface area contributed by atoms with Gasteiger partial charge in [-0.15, -0.1) is 0 Å². The number of pyridine rings is 1. The van der Waals surface area contributed by atoms with Crippen molar-refractivity contribution in [1.82, 2.24) is 19.7 Å². The Balaban J connectivity index is 0.000000913. The number of benzene rings is 1. The smallest absolute Gasteiger partial charge is 0.320 e. The number of carbonyl (C=O) groups excluding carboxylic acids is 2. The molecule has 0 unspecified atom stereocenters. The number of nitrogens with zero attached hydrogens (tertiary/aromatic N) is 4. The molecule has 0 aliphatic carbocycles. The van der Waals surface area contributed by atoms with E-state index in [0.717, 1.165) is 5.56 Å². The number of anilines is 1. The van der Waals surface area contributed by atoms with Crippen molar-refractivity contribution in [3.8, 4) is 0 Å². The standard InChI is InChI=1S/C21H24FN5O2.CH2O2/c1-25(2)21(29)27-11-15-10-26(20(28)14-6-7-18(23)24-9-14)12-17(15)19(27)13-4-3-5-16(22)8-13;2-1-3/h3-9,15,17,19H,10-12H2,1-2H3,(H2,23,24);1H,(H,2,3)/t15-,17-,19+;/m1./s1. The first-order valence-corrected chi connectivity index (χ1v) is 10.1. The monoisotopic (exact) mass is 443 g/mol. The number of hydrogen-bond acceptors (Lipinski definition) is 5. The van der Waals surface area contributed by atoms with Crippen LogP contribution in [0.4, 0.5) is 15.0 Å².